The van der Waals surface area contributed by atoms with E-state index in [1.165, 1.54) is 12.8 Å². The largest absolute Gasteiger partial charge is 0.481 e. The highest BCUT2D eigenvalue weighted by atomic mass is 16.4. The first-order valence-electron chi connectivity index (χ1n) is 4.15. The highest BCUT2D eigenvalue weighted by Gasteiger charge is 2.18. The van der Waals surface area contributed by atoms with Crippen LogP contribution in [0.5, 0.6) is 0 Å². The van der Waals surface area contributed by atoms with E-state index in [9.17, 15) is 4.79 Å². The monoisotopic (exact) mass is 157 g/mol. The van der Waals surface area contributed by atoms with Crippen LogP contribution in [0, 0.1) is 5.92 Å². The van der Waals surface area contributed by atoms with Crippen molar-refractivity contribution in [2.45, 2.75) is 19.8 Å². The molecule has 0 bridgehead atoms. The average Bonchev–Trinajstić information content (AvgIpc) is 2.39. The van der Waals surface area contributed by atoms with Crippen molar-refractivity contribution in [3.8, 4) is 0 Å². The van der Waals surface area contributed by atoms with Crippen molar-refractivity contribution >= 4 is 5.97 Å². The van der Waals surface area contributed by atoms with Crippen molar-refractivity contribution in [1.29, 1.82) is 0 Å². The molecule has 3 heteroatoms. The number of carbonyl (C=O) groups is 1. The fourth-order valence-corrected chi connectivity index (χ4v) is 1.43. The minimum Gasteiger partial charge on any atom is -0.481 e. The Labute approximate surface area is 67.0 Å². The Morgan fingerprint density at radius 1 is 1.55 bits per heavy atom. The quantitative estimate of drug-likeness (QED) is 0.658. The first-order chi connectivity index (χ1) is 5.20. The molecule has 1 aliphatic heterocycles. The lowest BCUT2D eigenvalue weighted by molar-refractivity contribution is -0.141. The summed E-state index contributed by atoms with van der Waals surface area (Å²) in [5.74, 6) is -0.898. The van der Waals surface area contributed by atoms with E-state index < -0.39 is 5.97 Å². The smallest absolute Gasteiger partial charge is 0.307 e. The highest BCUT2D eigenvalue weighted by molar-refractivity contribution is 5.69. The number of rotatable bonds is 3. The number of likely N-dealkylation sites (tertiary alicyclic amines) is 1. The molecule has 3 nitrogen and oxygen atoms in total. The van der Waals surface area contributed by atoms with Gasteiger partial charge >= 0.3 is 5.97 Å². The first kappa shape index (κ1) is 8.53. The van der Waals surface area contributed by atoms with E-state index in [0.717, 1.165) is 19.6 Å². The number of carboxylic acids is 1. The predicted molar refractivity (Wildman–Crippen MR) is 42.5 cm³/mol. The molecular weight excluding hydrogens is 142 g/mol. The summed E-state index contributed by atoms with van der Waals surface area (Å²) >= 11 is 0. The lowest BCUT2D eigenvalue weighted by Gasteiger charge is -2.16. The minimum absolute atomic E-state index is 0.215. The van der Waals surface area contributed by atoms with E-state index in [1.807, 2.05) is 0 Å². The van der Waals surface area contributed by atoms with E-state index in [4.69, 9.17) is 5.11 Å². The Morgan fingerprint density at radius 2 is 2.09 bits per heavy atom. The molecule has 64 valence electrons. The number of nitrogens with zero attached hydrogens (tertiary/aromatic N) is 1. The molecule has 1 saturated heterocycles. The van der Waals surface area contributed by atoms with Crippen LogP contribution in [-0.2, 0) is 4.79 Å². The number of aliphatic carboxylic acids is 1. The molecule has 0 aromatic heterocycles. The number of carboxylic acid groups (broad SMARTS) is 1. The summed E-state index contributed by atoms with van der Waals surface area (Å²) in [6.07, 6.45) is 2.46. The molecule has 0 spiro atoms. The van der Waals surface area contributed by atoms with Gasteiger partial charge in [0.25, 0.3) is 0 Å². The van der Waals surface area contributed by atoms with Crippen LogP contribution in [0.25, 0.3) is 0 Å². The SMILES string of the molecule is C[C@H](CN1CCCC1)C(=O)O. The Hall–Kier alpha value is -0.570. The zero-order valence-corrected chi connectivity index (χ0v) is 6.92. The maximum Gasteiger partial charge on any atom is 0.307 e. The normalized spacial score (nSPS) is 21.9. The summed E-state index contributed by atoms with van der Waals surface area (Å²) in [6.45, 7) is 4.64. The third-order valence-electron chi connectivity index (χ3n) is 2.15. The molecule has 0 saturated carbocycles. The molecule has 1 rings (SSSR count). The van der Waals surface area contributed by atoms with Crippen LogP contribution in [0.1, 0.15) is 19.8 Å². The summed E-state index contributed by atoms with van der Waals surface area (Å²) in [7, 11) is 0. The second kappa shape index (κ2) is 3.72. The van der Waals surface area contributed by atoms with Crippen LogP contribution in [0.2, 0.25) is 0 Å². The summed E-state index contributed by atoms with van der Waals surface area (Å²) < 4.78 is 0. The third-order valence-corrected chi connectivity index (χ3v) is 2.15. The molecule has 1 aliphatic rings. The Morgan fingerprint density at radius 3 is 2.55 bits per heavy atom. The molecule has 0 unspecified atom stereocenters. The fraction of sp³-hybridized carbons (Fsp3) is 0.875. The van der Waals surface area contributed by atoms with Crippen LogP contribution in [0.3, 0.4) is 0 Å². The van der Waals surface area contributed by atoms with Crippen molar-refractivity contribution in [2.24, 2.45) is 5.92 Å². The van der Waals surface area contributed by atoms with Crippen molar-refractivity contribution in [3.63, 3.8) is 0 Å². The molecule has 1 fully saturated rings. The molecule has 0 aromatic carbocycles. The van der Waals surface area contributed by atoms with Crippen LogP contribution in [0.15, 0.2) is 0 Å². The van der Waals surface area contributed by atoms with Crippen LogP contribution in [-0.4, -0.2) is 35.6 Å². The number of hydrogen-bond acceptors (Lipinski definition) is 2. The zero-order valence-electron chi connectivity index (χ0n) is 6.92. The topological polar surface area (TPSA) is 40.5 Å². The highest BCUT2D eigenvalue weighted by Crippen LogP contribution is 2.09. The van der Waals surface area contributed by atoms with Crippen LogP contribution < -0.4 is 0 Å². The van der Waals surface area contributed by atoms with E-state index >= 15 is 0 Å². The molecule has 0 aliphatic carbocycles. The van der Waals surface area contributed by atoms with Crippen LogP contribution in [0.4, 0.5) is 0 Å². The Balaban J connectivity index is 2.23. The van der Waals surface area contributed by atoms with Crippen LogP contribution >= 0.6 is 0 Å². The van der Waals surface area contributed by atoms with Crippen molar-refractivity contribution in [2.75, 3.05) is 19.6 Å². The molecule has 1 atom stereocenters. The lowest BCUT2D eigenvalue weighted by Crippen LogP contribution is -2.29. The first-order valence-corrected chi connectivity index (χ1v) is 4.15. The molecule has 1 N–H and O–H groups in total. The maximum atomic E-state index is 10.5. The molecule has 0 aromatic rings. The summed E-state index contributed by atoms with van der Waals surface area (Å²) in [4.78, 5) is 12.7. The van der Waals surface area contributed by atoms with Gasteiger partial charge in [-0.15, -0.1) is 0 Å². The molecule has 1 heterocycles. The zero-order chi connectivity index (χ0) is 8.27. The lowest BCUT2D eigenvalue weighted by atomic mass is 10.2. The molecule has 11 heavy (non-hydrogen) atoms. The third kappa shape index (κ3) is 2.50. The Bertz CT molecular complexity index is 141. The summed E-state index contributed by atoms with van der Waals surface area (Å²) in [5, 5.41) is 8.62. The van der Waals surface area contributed by atoms with Gasteiger partial charge in [0.2, 0.25) is 0 Å². The average molecular weight is 157 g/mol. The Kier molecular flexibility index (Phi) is 2.88. The van der Waals surface area contributed by atoms with Gasteiger partial charge in [0.05, 0.1) is 5.92 Å². The van der Waals surface area contributed by atoms with E-state index in [0.29, 0.717) is 0 Å². The fourth-order valence-electron chi connectivity index (χ4n) is 1.43. The van der Waals surface area contributed by atoms with Crippen molar-refractivity contribution in [1.82, 2.24) is 4.90 Å². The summed E-state index contributed by atoms with van der Waals surface area (Å²) in [5.41, 5.74) is 0. The van der Waals surface area contributed by atoms with Gasteiger partial charge in [-0.05, 0) is 25.9 Å². The molecular formula is C8H15NO2. The standard InChI is InChI=1S/C8H15NO2/c1-7(8(10)11)6-9-4-2-3-5-9/h7H,2-6H2,1H3,(H,10,11)/t7-/m1/s1. The van der Waals surface area contributed by atoms with E-state index in [-0.39, 0.29) is 5.92 Å². The predicted octanol–water partition coefficient (Wildman–Crippen LogP) is 0.803. The van der Waals surface area contributed by atoms with Crippen molar-refractivity contribution in [3.05, 3.63) is 0 Å². The van der Waals surface area contributed by atoms with Gasteiger partial charge in [0, 0.05) is 6.54 Å². The van der Waals surface area contributed by atoms with Gasteiger partial charge in [-0.25, -0.2) is 0 Å². The summed E-state index contributed by atoms with van der Waals surface area (Å²) in [6, 6.07) is 0. The van der Waals surface area contributed by atoms with E-state index in [1.54, 1.807) is 6.92 Å². The molecule has 0 radical (unpaired) electrons. The number of hydrogen-bond donors (Lipinski definition) is 1. The second-order valence-electron chi connectivity index (χ2n) is 3.25. The maximum absolute atomic E-state index is 10.5. The van der Waals surface area contributed by atoms with Gasteiger partial charge in [0.1, 0.15) is 0 Å². The van der Waals surface area contributed by atoms with Gasteiger partial charge in [-0.1, -0.05) is 6.92 Å². The minimum atomic E-state index is -0.683. The van der Waals surface area contributed by atoms with Gasteiger partial charge in [-0.3, -0.25) is 4.79 Å². The van der Waals surface area contributed by atoms with Gasteiger partial charge < -0.3 is 10.0 Å². The molecule has 0 amide bonds. The van der Waals surface area contributed by atoms with E-state index in [2.05, 4.69) is 4.90 Å². The second-order valence-corrected chi connectivity index (χ2v) is 3.25. The van der Waals surface area contributed by atoms with Gasteiger partial charge in [-0.2, -0.15) is 0 Å². The van der Waals surface area contributed by atoms with Crippen molar-refractivity contribution < 1.29 is 9.90 Å². The van der Waals surface area contributed by atoms with Gasteiger partial charge in [0.15, 0.2) is 0 Å².